The van der Waals surface area contributed by atoms with Crippen LogP contribution < -0.4 is 4.90 Å². The summed E-state index contributed by atoms with van der Waals surface area (Å²) in [6.45, 7) is 2.00. The largest absolute Gasteiger partial charge is 0.274 e. The highest BCUT2D eigenvalue weighted by Gasteiger charge is 2.49. The minimum atomic E-state index is -0.231. The molecule has 1 fully saturated rings. The van der Waals surface area contributed by atoms with Crippen LogP contribution in [0.4, 0.5) is 5.95 Å². The van der Waals surface area contributed by atoms with E-state index in [9.17, 15) is 9.59 Å². The Balaban J connectivity index is 1.96. The summed E-state index contributed by atoms with van der Waals surface area (Å²) >= 11 is 0. The Hall–Kier alpha value is -2.04. The van der Waals surface area contributed by atoms with Crippen LogP contribution >= 0.6 is 0 Å². The Bertz CT molecular complexity index is 538. The molecule has 3 rings (SSSR count). The molecule has 0 N–H and O–H groups in total. The van der Waals surface area contributed by atoms with Crippen molar-refractivity contribution in [2.45, 2.75) is 19.8 Å². The lowest BCUT2D eigenvalue weighted by molar-refractivity contribution is -0.122. The van der Waals surface area contributed by atoms with Gasteiger partial charge in [0.05, 0.1) is 11.8 Å². The van der Waals surface area contributed by atoms with E-state index in [1.54, 1.807) is 6.07 Å². The van der Waals surface area contributed by atoms with E-state index < -0.39 is 0 Å². The monoisotopic (exact) mass is 243 g/mol. The van der Waals surface area contributed by atoms with Crippen LogP contribution in [0.25, 0.3) is 0 Å². The number of carbonyl (C=O) groups excluding carboxylic acids is 2. The van der Waals surface area contributed by atoms with Crippen molar-refractivity contribution in [1.82, 2.24) is 9.97 Å². The van der Waals surface area contributed by atoms with E-state index >= 15 is 0 Å². The van der Waals surface area contributed by atoms with Gasteiger partial charge in [-0.05, 0) is 25.8 Å². The lowest BCUT2D eigenvalue weighted by Crippen LogP contribution is -2.32. The van der Waals surface area contributed by atoms with Gasteiger partial charge in [0.2, 0.25) is 17.8 Å². The summed E-state index contributed by atoms with van der Waals surface area (Å²) in [5, 5.41) is 0. The second-order valence-corrected chi connectivity index (χ2v) is 4.76. The molecular formula is C13H13N3O2. The number of aromatic nitrogens is 2. The molecular weight excluding hydrogens is 230 g/mol. The van der Waals surface area contributed by atoms with Gasteiger partial charge in [0.1, 0.15) is 0 Å². The molecule has 1 aromatic heterocycles. The van der Waals surface area contributed by atoms with Gasteiger partial charge in [-0.3, -0.25) is 9.59 Å². The number of nitrogens with zero attached hydrogens (tertiary/aromatic N) is 3. The van der Waals surface area contributed by atoms with Gasteiger partial charge in [-0.2, -0.15) is 0 Å². The molecule has 1 aromatic rings. The SMILES string of the molecule is CC1=CC[C@H]2C(=O)N(c3ncccn3)C(=O)[C@@H]2C1. The number of imide groups is 1. The minimum absolute atomic E-state index is 0.163. The first-order chi connectivity index (χ1) is 8.68. The van der Waals surface area contributed by atoms with Gasteiger partial charge in [-0.1, -0.05) is 11.6 Å². The maximum absolute atomic E-state index is 12.3. The van der Waals surface area contributed by atoms with Crippen molar-refractivity contribution in [3.05, 3.63) is 30.1 Å². The number of anilines is 1. The van der Waals surface area contributed by atoms with Gasteiger partial charge in [-0.15, -0.1) is 0 Å². The number of allylic oxidation sites excluding steroid dienone is 2. The van der Waals surface area contributed by atoms with E-state index in [-0.39, 0.29) is 29.6 Å². The van der Waals surface area contributed by atoms with Gasteiger partial charge >= 0.3 is 0 Å². The predicted molar refractivity (Wildman–Crippen MR) is 64.5 cm³/mol. The van der Waals surface area contributed by atoms with E-state index in [0.29, 0.717) is 12.8 Å². The smallest absolute Gasteiger partial charge is 0.240 e. The number of carbonyl (C=O) groups is 2. The third kappa shape index (κ3) is 1.54. The quantitative estimate of drug-likeness (QED) is 0.551. The molecule has 0 unspecified atom stereocenters. The molecule has 2 amide bonds. The molecule has 1 aliphatic carbocycles. The fourth-order valence-corrected chi connectivity index (χ4v) is 2.64. The van der Waals surface area contributed by atoms with E-state index in [4.69, 9.17) is 0 Å². The highest BCUT2D eigenvalue weighted by Crippen LogP contribution is 2.38. The Labute approximate surface area is 105 Å². The first-order valence-electron chi connectivity index (χ1n) is 5.99. The summed E-state index contributed by atoms with van der Waals surface area (Å²) in [4.78, 5) is 33.7. The highest BCUT2D eigenvalue weighted by atomic mass is 16.2. The summed E-state index contributed by atoms with van der Waals surface area (Å²) < 4.78 is 0. The van der Waals surface area contributed by atoms with Crippen LogP contribution in [-0.2, 0) is 9.59 Å². The van der Waals surface area contributed by atoms with Gasteiger partial charge in [-0.25, -0.2) is 14.9 Å². The van der Waals surface area contributed by atoms with Crippen LogP contribution in [0.1, 0.15) is 19.8 Å². The zero-order chi connectivity index (χ0) is 12.7. The molecule has 0 saturated carbocycles. The molecule has 0 spiro atoms. The lowest BCUT2D eigenvalue weighted by atomic mass is 9.82. The molecule has 5 nitrogen and oxygen atoms in total. The summed E-state index contributed by atoms with van der Waals surface area (Å²) in [6, 6.07) is 1.66. The van der Waals surface area contributed by atoms with Crippen LogP contribution in [0, 0.1) is 11.8 Å². The number of hydrogen-bond acceptors (Lipinski definition) is 4. The molecule has 1 saturated heterocycles. The van der Waals surface area contributed by atoms with E-state index in [0.717, 1.165) is 4.90 Å². The molecule has 18 heavy (non-hydrogen) atoms. The molecule has 92 valence electrons. The van der Waals surface area contributed by atoms with Crippen molar-refractivity contribution in [1.29, 1.82) is 0 Å². The van der Waals surface area contributed by atoms with Crippen LogP contribution in [0.15, 0.2) is 30.1 Å². The number of rotatable bonds is 1. The van der Waals surface area contributed by atoms with Gasteiger partial charge < -0.3 is 0 Å². The molecule has 2 aliphatic rings. The normalized spacial score (nSPS) is 27.2. The van der Waals surface area contributed by atoms with Crippen molar-refractivity contribution >= 4 is 17.8 Å². The molecule has 5 heteroatoms. The zero-order valence-corrected chi connectivity index (χ0v) is 10.0. The molecule has 0 aromatic carbocycles. The second kappa shape index (κ2) is 4.01. The summed E-state index contributed by atoms with van der Waals surface area (Å²) in [5.41, 5.74) is 1.17. The minimum Gasteiger partial charge on any atom is -0.274 e. The fourth-order valence-electron chi connectivity index (χ4n) is 2.64. The maximum atomic E-state index is 12.3. The maximum Gasteiger partial charge on any atom is 0.240 e. The van der Waals surface area contributed by atoms with Gasteiger partial charge in [0, 0.05) is 12.4 Å². The van der Waals surface area contributed by atoms with Crippen LogP contribution in [0.5, 0.6) is 0 Å². The summed E-state index contributed by atoms with van der Waals surface area (Å²) in [6.07, 6.45) is 6.42. The Morgan fingerprint density at radius 3 is 2.56 bits per heavy atom. The number of amides is 2. The molecule has 0 radical (unpaired) electrons. The lowest BCUT2D eigenvalue weighted by Gasteiger charge is -2.18. The number of hydrogen-bond donors (Lipinski definition) is 0. The summed E-state index contributed by atoms with van der Waals surface area (Å²) in [7, 11) is 0. The van der Waals surface area contributed by atoms with Crippen LogP contribution in [0.2, 0.25) is 0 Å². The van der Waals surface area contributed by atoms with E-state index in [1.165, 1.54) is 18.0 Å². The predicted octanol–water partition coefficient (Wildman–Crippen LogP) is 1.32. The first kappa shape index (κ1) is 11.1. The zero-order valence-electron chi connectivity index (χ0n) is 10.0. The van der Waals surface area contributed by atoms with Gasteiger partial charge in [0.25, 0.3) is 0 Å². The van der Waals surface area contributed by atoms with Gasteiger partial charge in [0.15, 0.2) is 0 Å². The average Bonchev–Trinajstić information content (AvgIpc) is 2.63. The number of fused-ring (bicyclic) bond motifs is 1. The Morgan fingerprint density at radius 1 is 1.17 bits per heavy atom. The first-order valence-corrected chi connectivity index (χ1v) is 5.99. The summed E-state index contributed by atoms with van der Waals surface area (Å²) in [5.74, 6) is -0.598. The van der Waals surface area contributed by atoms with Crippen LogP contribution in [-0.4, -0.2) is 21.8 Å². The molecule has 2 atom stereocenters. The van der Waals surface area contributed by atoms with Crippen molar-refractivity contribution in [3.8, 4) is 0 Å². The Morgan fingerprint density at radius 2 is 1.83 bits per heavy atom. The van der Waals surface area contributed by atoms with Crippen molar-refractivity contribution < 1.29 is 9.59 Å². The van der Waals surface area contributed by atoms with Crippen molar-refractivity contribution in [3.63, 3.8) is 0 Å². The standard InChI is InChI=1S/C13H13N3O2/c1-8-3-4-9-10(7-8)12(18)16(11(9)17)13-14-5-2-6-15-13/h2-3,5-6,9-10H,4,7H2,1H3/t9-,10-/m1/s1. The van der Waals surface area contributed by atoms with Crippen molar-refractivity contribution in [2.24, 2.45) is 11.8 Å². The second-order valence-electron chi connectivity index (χ2n) is 4.76. The molecule has 0 bridgehead atoms. The fraction of sp³-hybridized carbons (Fsp3) is 0.385. The third-order valence-corrected chi connectivity index (χ3v) is 3.58. The highest BCUT2D eigenvalue weighted by molar-refractivity contribution is 6.21. The molecule has 1 aliphatic heterocycles. The van der Waals surface area contributed by atoms with Crippen molar-refractivity contribution in [2.75, 3.05) is 4.90 Å². The topological polar surface area (TPSA) is 63.2 Å². The Kier molecular flexibility index (Phi) is 2.47. The average molecular weight is 243 g/mol. The van der Waals surface area contributed by atoms with E-state index in [1.807, 2.05) is 13.0 Å². The third-order valence-electron chi connectivity index (χ3n) is 3.58. The molecule has 2 heterocycles. The van der Waals surface area contributed by atoms with E-state index in [2.05, 4.69) is 9.97 Å². The van der Waals surface area contributed by atoms with Crippen LogP contribution in [0.3, 0.4) is 0 Å².